The van der Waals surface area contributed by atoms with Crippen LogP contribution in [-0.2, 0) is 6.54 Å². The van der Waals surface area contributed by atoms with Crippen LogP contribution in [0.15, 0.2) is 57.4 Å². The van der Waals surface area contributed by atoms with E-state index >= 15 is 0 Å². The molecule has 0 unspecified atom stereocenters. The predicted molar refractivity (Wildman–Crippen MR) is 80.6 cm³/mol. The number of fused-ring (bicyclic) bond motifs is 1. The van der Waals surface area contributed by atoms with Crippen molar-refractivity contribution in [2.24, 2.45) is 0 Å². The van der Waals surface area contributed by atoms with Crippen LogP contribution in [0.25, 0.3) is 11.0 Å². The van der Waals surface area contributed by atoms with Gasteiger partial charge in [0.2, 0.25) is 0 Å². The molecule has 0 bridgehead atoms. The molecule has 0 fully saturated rings. The van der Waals surface area contributed by atoms with Crippen LogP contribution in [0.1, 0.15) is 12.8 Å². The zero-order valence-electron chi connectivity index (χ0n) is 11.0. The van der Waals surface area contributed by atoms with E-state index in [2.05, 4.69) is 27.6 Å². The number of hydrogen-bond acceptors (Lipinski definition) is 3. The standard InChI is InChI=1S/C16H14N2OS/c1-2-3-4-9-18-10-8-17-16(18)20-14-5-6-15-13(12-14)7-11-19-15/h1,5-8,10-12H,3-4,9H2. The second-order valence-electron chi connectivity index (χ2n) is 4.43. The SMILES string of the molecule is C#CCCCn1ccnc1Sc1ccc2occc2c1. The van der Waals surface area contributed by atoms with Crippen molar-refractivity contribution < 1.29 is 4.42 Å². The van der Waals surface area contributed by atoms with Crippen LogP contribution >= 0.6 is 11.8 Å². The minimum Gasteiger partial charge on any atom is -0.464 e. The van der Waals surface area contributed by atoms with Crippen LogP contribution in [0.5, 0.6) is 0 Å². The summed E-state index contributed by atoms with van der Waals surface area (Å²) in [5.74, 6) is 2.67. The second-order valence-corrected chi connectivity index (χ2v) is 5.47. The zero-order valence-corrected chi connectivity index (χ0v) is 11.8. The Bertz CT molecular complexity index is 751. The number of hydrogen-bond donors (Lipinski definition) is 0. The summed E-state index contributed by atoms with van der Waals surface area (Å²) < 4.78 is 7.49. The van der Waals surface area contributed by atoms with Crippen LogP contribution in [0.4, 0.5) is 0 Å². The highest BCUT2D eigenvalue weighted by Crippen LogP contribution is 2.29. The molecule has 4 heteroatoms. The third-order valence-corrected chi connectivity index (χ3v) is 4.04. The van der Waals surface area contributed by atoms with Gasteiger partial charge in [0.05, 0.1) is 6.26 Å². The number of furan rings is 1. The molecule has 3 rings (SSSR count). The summed E-state index contributed by atoms with van der Waals surface area (Å²) in [7, 11) is 0. The summed E-state index contributed by atoms with van der Waals surface area (Å²) in [5.41, 5.74) is 0.909. The van der Waals surface area contributed by atoms with Gasteiger partial charge in [0, 0.05) is 35.6 Å². The predicted octanol–water partition coefficient (Wildman–Crippen LogP) is 4.19. The van der Waals surface area contributed by atoms with Gasteiger partial charge < -0.3 is 8.98 Å². The third kappa shape index (κ3) is 2.73. The van der Waals surface area contributed by atoms with E-state index in [0.717, 1.165) is 40.4 Å². The second kappa shape index (κ2) is 5.89. The van der Waals surface area contributed by atoms with Crippen LogP contribution in [0, 0.1) is 12.3 Å². The van der Waals surface area contributed by atoms with Gasteiger partial charge in [-0.3, -0.25) is 0 Å². The first-order chi connectivity index (χ1) is 9.86. The summed E-state index contributed by atoms with van der Waals surface area (Å²) in [6.07, 6.45) is 12.6. The molecule has 100 valence electrons. The summed E-state index contributed by atoms with van der Waals surface area (Å²) in [6, 6.07) is 8.13. The molecule has 0 saturated carbocycles. The lowest BCUT2D eigenvalue weighted by molar-refractivity contribution is 0.604. The fourth-order valence-electron chi connectivity index (χ4n) is 2.04. The average Bonchev–Trinajstić information content (AvgIpc) is 3.08. The molecule has 0 aliphatic rings. The van der Waals surface area contributed by atoms with Gasteiger partial charge in [-0.1, -0.05) is 11.8 Å². The van der Waals surface area contributed by atoms with Gasteiger partial charge in [-0.15, -0.1) is 12.3 Å². The Morgan fingerprint density at radius 2 is 2.30 bits per heavy atom. The smallest absolute Gasteiger partial charge is 0.172 e. The number of benzene rings is 1. The largest absolute Gasteiger partial charge is 0.464 e. The molecule has 0 aliphatic heterocycles. The molecule has 2 aromatic heterocycles. The highest BCUT2D eigenvalue weighted by atomic mass is 32.2. The van der Waals surface area contributed by atoms with E-state index in [1.807, 2.05) is 24.5 Å². The van der Waals surface area contributed by atoms with E-state index in [9.17, 15) is 0 Å². The number of rotatable bonds is 5. The molecule has 0 aliphatic carbocycles. The number of aryl methyl sites for hydroxylation is 1. The highest BCUT2D eigenvalue weighted by Gasteiger charge is 2.06. The van der Waals surface area contributed by atoms with Crippen molar-refractivity contribution >= 4 is 22.7 Å². The summed E-state index contributed by atoms with van der Waals surface area (Å²) in [5, 5.41) is 2.10. The van der Waals surface area contributed by atoms with Crippen LogP contribution in [-0.4, -0.2) is 9.55 Å². The Morgan fingerprint density at radius 1 is 1.35 bits per heavy atom. The van der Waals surface area contributed by atoms with E-state index in [-0.39, 0.29) is 0 Å². The summed E-state index contributed by atoms with van der Waals surface area (Å²) in [4.78, 5) is 5.56. The van der Waals surface area contributed by atoms with Gasteiger partial charge in [0.25, 0.3) is 0 Å². The van der Waals surface area contributed by atoms with Crippen LogP contribution < -0.4 is 0 Å². The van der Waals surface area contributed by atoms with E-state index in [0.29, 0.717) is 0 Å². The molecule has 20 heavy (non-hydrogen) atoms. The van der Waals surface area contributed by atoms with Crippen molar-refractivity contribution in [2.45, 2.75) is 29.4 Å². The van der Waals surface area contributed by atoms with Crippen molar-refractivity contribution in [3.05, 3.63) is 42.9 Å². The van der Waals surface area contributed by atoms with Crippen molar-refractivity contribution in [1.29, 1.82) is 0 Å². The maximum absolute atomic E-state index is 5.35. The first-order valence-electron chi connectivity index (χ1n) is 6.46. The zero-order chi connectivity index (χ0) is 13.8. The maximum Gasteiger partial charge on any atom is 0.172 e. The minimum atomic E-state index is 0.795. The van der Waals surface area contributed by atoms with E-state index in [1.54, 1.807) is 18.0 Å². The lowest BCUT2D eigenvalue weighted by Gasteiger charge is -2.06. The van der Waals surface area contributed by atoms with Crippen molar-refractivity contribution in [1.82, 2.24) is 9.55 Å². The monoisotopic (exact) mass is 282 g/mol. The van der Waals surface area contributed by atoms with Gasteiger partial charge >= 0.3 is 0 Å². The lowest BCUT2D eigenvalue weighted by atomic mass is 10.3. The first-order valence-corrected chi connectivity index (χ1v) is 7.28. The van der Waals surface area contributed by atoms with Crippen molar-refractivity contribution in [2.75, 3.05) is 0 Å². The Morgan fingerprint density at radius 3 is 3.20 bits per heavy atom. The molecular formula is C16H14N2OS. The number of imidazole rings is 1. The summed E-state index contributed by atoms with van der Waals surface area (Å²) in [6.45, 7) is 0.903. The average molecular weight is 282 g/mol. The van der Waals surface area contributed by atoms with E-state index < -0.39 is 0 Å². The van der Waals surface area contributed by atoms with Crippen molar-refractivity contribution in [3.8, 4) is 12.3 Å². The molecule has 0 amide bonds. The highest BCUT2D eigenvalue weighted by molar-refractivity contribution is 7.99. The molecule has 3 aromatic rings. The molecule has 0 radical (unpaired) electrons. The first kappa shape index (κ1) is 12.9. The molecule has 1 aromatic carbocycles. The molecular weight excluding hydrogens is 268 g/mol. The van der Waals surface area contributed by atoms with Gasteiger partial charge in [0.15, 0.2) is 5.16 Å². The normalized spacial score (nSPS) is 10.8. The fourth-order valence-corrected chi connectivity index (χ4v) is 2.95. The lowest BCUT2D eigenvalue weighted by Crippen LogP contribution is -1.98. The molecule has 3 nitrogen and oxygen atoms in total. The Kier molecular flexibility index (Phi) is 3.80. The van der Waals surface area contributed by atoms with Crippen LogP contribution in [0.2, 0.25) is 0 Å². The van der Waals surface area contributed by atoms with Gasteiger partial charge in [-0.2, -0.15) is 0 Å². The van der Waals surface area contributed by atoms with E-state index in [1.165, 1.54) is 0 Å². The minimum absolute atomic E-state index is 0.795. The molecule has 0 spiro atoms. The quantitative estimate of drug-likeness (QED) is 0.519. The molecule has 0 atom stereocenters. The summed E-state index contributed by atoms with van der Waals surface area (Å²) >= 11 is 1.66. The number of terminal acetylenes is 1. The number of nitrogens with zero attached hydrogens (tertiary/aromatic N) is 2. The van der Waals surface area contributed by atoms with Crippen molar-refractivity contribution in [3.63, 3.8) is 0 Å². The van der Waals surface area contributed by atoms with Crippen LogP contribution in [0.3, 0.4) is 0 Å². The molecule has 0 N–H and O–H groups in total. The van der Waals surface area contributed by atoms with Gasteiger partial charge in [-0.25, -0.2) is 4.98 Å². The molecule has 2 heterocycles. The molecule has 0 saturated heterocycles. The topological polar surface area (TPSA) is 31.0 Å². The fraction of sp³-hybridized carbons (Fsp3) is 0.188. The Balaban J connectivity index is 1.77. The maximum atomic E-state index is 5.35. The number of aromatic nitrogens is 2. The van der Waals surface area contributed by atoms with E-state index in [4.69, 9.17) is 10.8 Å². The Hall–Kier alpha value is -2.12. The van der Waals surface area contributed by atoms with Gasteiger partial charge in [-0.05, 0) is 30.7 Å². The Labute approximate surface area is 122 Å². The van der Waals surface area contributed by atoms with Gasteiger partial charge in [0.1, 0.15) is 5.58 Å². The third-order valence-electron chi connectivity index (χ3n) is 3.03. The number of unbranched alkanes of at least 4 members (excludes halogenated alkanes) is 1.